The van der Waals surface area contributed by atoms with E-state index < -0.39 is 0 Å². The van der Waals surface area contributed by atoms with E-state index in [9.17, 15) is 0 Å². The third-order valence-electron chi connectivity index (χ3n) is 3.27. The molecule has 5 heteroatoms. The summed E-state index contributed by atoms with van der Waals surface area (Å²) < 4.78 is 1.76. The average molecular weight is 288 g/mol. The predicted molar refractivity (Wildman–Crippen MR) is 83.7 cm³/mol. The summed E-state index contributed by atoms with van der Waals surface area (Å²) in [7, 11) is 4.17. The highest BCUT2D eigenvalue weighted by atomic mass is 16.3. The lowest BCUT2D eigenvalue weighted by molar-refractivity contribution is 0.269. The van der Waals surface area contributed by atoms with Gasteiger partial charge >= 0.3 is 0 Å². The fraction of sp³-hybridized carbons (Fsp3) is 0.438. The fourth-order valence-electron chi connectivity index (χ4n) is 2.29. The van der Waals surface area contributed by atoms with Gasteiger partial charge in [-0.05, 0) is 25.2 Å². The molecule has 0 bridgehead atoms. The zero-order valence-electron chi connectivity index (χ0n) is 12.8. The smallest absolute Gasteiger partial charge is 0.0640 e. The molecule has 0 radical (unpaired) electrons. The summed E-state index contributed by atoms with van der Waals surface area (Å²) in [6, 6.07) is 8.51. The third-order valence-corrected chi connectivity index (χ3v) is 3.27. The maximum absolute atomic E-state index is 8.88. The van der Waals surface area contributed by atoms with Crippen molar-refractivity contribution in [3.63, 3.8) is 0 Å². The Morgan fingerprint density at radius 1 is 1.19 bits per heavy atom. The molecule has 2 aromatic rings. The molecule has 0 spiro atoms. The number of rotatable bonds is 8. The molecule has 5 nitrogen and oxygen atoms in total. The van der Waals surface area contributed by atoms with E-state index in [1.165, 1.54) is 11.1 Å². The summed E-state index contributed by atoms with van der Waals surface area (Å²) in [5, 5.41) is 16.5. The Hall–Kier alpha value is -1.69. The van der Waals surface area contributed by atoms with E-state index in [2.05, 4.69) is 53.7 Å². The van der Waals surface area contributed by atoms with Crippen LogP contribution in [-0.2, 0) is 26.2 Å². The Morgan fingerprint density at radius 3 is 2.67 bits per heavy atom. The number of hydrogen-bond acceptors (Lipinski definition) is 4. The van der Waals surface area contributed by atoms with Crippen LogP contribution in [0.15, 0.2) is 36.7 Å². The summed E-state index contributed by atoms with van der Waals surface area (Å²) >= 11 is 0. The molecule has 1 aromatic carbocycles. The zero-order valence-corrected chi connectivity index (χ0v) is 12.8. The van der Waals surface area contributed by atoms with Gasteiger partial charge in [-0.1, -0.05) is 24.3 Å². The number of aliphatic hydroxyl groups excluding tert-OH is 1. The Morgan fingerprint density at radius 2 is 1.95 bits per heavy atom. The van der Waals surface area contributed by atoms with Crippen LogP contribution in [0.1, 0.15) is 16.7 Å². The van der Waals surface area contributed by atoms with Crippen molar-refractivity contribution in [1.82, 2.24) is 20.0 Å². The number of aliphatic hydroxyl groups is 1. The Bertz CT molecular complexity index is 551. The quantitative estimate of drug-likeness (QED) is 0.767. The first-order valence-corrected chi connectivity index (χ1v) is 7.23. The summed E-state index contributed by atoms with van der Waals surface area (Å²) in [6.07, 6.45) is 3.81. The van der Waals surface area contributed by atoms with Crippen molar-refractivity contribution in [2.75, 3.05) is 20.7 Å². The SMILES string of the molecule is CN(C)Cc1ccccc1CNCc1cnn(CCO)c1. The van der Waals surface area contributed by atoms with Crippen LogP contribution in [0.25, 0.3) is 0 Å². The van der Waals surface area contributed by atoms with E-state index >= 15 is 0 Å². The van der Waals surface area contributed by atoms with Gasteiger partial charge in [-0.25, -0.2) is 0 Å². The van der Waals surface area contributed by atoms with Crippen LogP contribution in [0, 0.1) is 0 Å². The highest BCUT2D eigenvalue weighted by Gasteiger charge is 2.03. The van der Waals surface area contributed by atoms with Gasteiger partial charge < -0.3 is 15.3 Å². The summed E-state index contributed by atoms with van der Waals surface area (Å²) in [5.41, 5.74) is 3.81. The van der Waals surface area contributed by atoms with Crippen LogP contribution in [0.5, 0.6) is 0 Å². The second kappa shape index (κ2) is 7.93. The van der Waals surface area contributed by atoms with Gasteiger partial charge in [0, 0.05) is 31.4 Å². The van der Waals surface area contributed by atoms with Crippen molar-refractivity contribution >= 4 is 0 Å². The van der Waals surface area contributed by atoms with Crippen molar-refractivity contribution in [3.8, 4) is 0 Å². The van der Waals surface area contributed by atoms with Gasteiger partial charge in [0.25, 0.3) is 0 Å². The lowest BCUT2D eigenvalue weighted by Gasteiger charge is -2.14. The van der Waals surface area contributed by atoms with E-state index in [1.807, 2.05) is 12.4 Å². The van der Waals surface area contributed by atoms with Gasteiger partial charge in [-0.3, -0.25) is 4.68 Å². The molecule has 0 atom stereocenters. The van der Waals surface area contributed by atoms with Crippen LogP contribution in [-0.4, -0.2) is 40.5 Å². The van der Waals surface area contributed by atoms with Crippen molar-refractivity contribution in [3.05, 3.63) is 53.3 Å². The number of nitrogens with one attached hydrogen (secondary N) is 1. The molecule has 0 fully saturated rings. The van der Waals surface area contributed by atoms with Gasteiger partial charge in [0.2, 0.25) is 0 Å². The first-order valence-electron chi connectivity index (χ1n) is 7.23. The molecule has 0 amide bonds. The topological polar surface area (TPSA) is 53.3 Å². The third kappa shape index (κ3) is 4.97. The molecule has 1 aromatic heterocycles. The number of aromatic nitrogens is 2. The van der Waals surface area contributed by atoms with Gasteiger partial charge in [0.05, 0.1) is 19.3 Å². The van der Waals surface area contributed by atoms with E-state index in [0.717, 1.165) is 25.2 Å². The van der Waals surface area contributed by atoms with E-state index in [0.29, 0.717) is 6.54 Å². The lowest BCUT2D eigenvalue weighted by atomic mass is 10.1. The highest BCUT2D eigenvalue weighted by molar-refractivity contribution is 5.27. The van der Waals surface area contributed by atoms with Crippen LogP contribution in [0.3, 0.4) is 0 Å². The Labute approximate surface area is 126 Å². The molecule has 114 valence electrons. The summed E-state index contributed by atoms with van der Waals surface area (Å²) in [4.78, 5) is 2.18. The van der Waals surface area contributed by atoms with Gasteiger partial charge in [-0.2, -0.15) is 5.10 Å². The minimum absolute atomic E-state index is 0.118. The maximum Gasteiger partial charge on any atom is 0.0640 e. The largest absolute Gasteiger partial charge is 0.394 e. The molecule has 0 unspecified atom stereocenters. The molecule has 0 aliphatic rings. The maximum atomic E-state index is 8.88. The standard InChI is InChI=1S/C16H24N4O/c1-19(2)13-16-6-4-3-5-15(16)11-17-9-14-10-18-20(12-14)7-8-21/h3-6,10,12,17,21H,7-9,11,13H2,1-2H3. The minimum Gasteiger partial charge on any atom is -0.394 e. The molecule has 0 aliphatic carbocycles. The molecule has 0 saturated heterocycles. The van der Waals surface area contributed by atoms with E-state index in [4.69, 9.17) is 5.11 Å². The monoisotopic (exact) mass is 288 g/mol. The number of hydrogen-bond donors (Lipinski definition) is 2. The Balaban J connectivity index is 1.87. The fourth-order valence-corrected chi connectivity index (χ4v) is 2.29. The molecule has 2 rings (SSSR count). The van der Waals surface area contributed by atoms with Crippen LogP contribution < -0.4 is 5.32 Å². The first-order chi connectivity index (χ1) is 10.2. The molecule has 0 saturated carbocycles. The van der Waals surface area contributed by atoms with Crippen molar-refractivity contribution < 1.29 is 5.11 Å². The summed E-state index contributed by atoms with van der Waals surface area (Å²) in [5.74, 6) is 0. The molecule has 2 N–H and O–H groups in total. The van der Waals surface area contributed by atoms with Gasteiger partial charge in [0.1, 0.15) is 0 Å². The second-order valence-corrected chi connectivity index (χ2v) is 5.45. The molecular formula is C16H24N4O. The van der Waals surface area contributed by atoms with Gasteiger partial charge in [0.15, 0.2) is 0 Å². The first kappa shape index (κ1) is 15.7. The zero-order chi connectivity index (χ0) is 15.1. The lowest BCUT2D eigenvalue weighted by Crippen LogP contribution is -2.17. The predicted octanol–water partition coefficient (Wildman–Crippen LogP) is 1.23. The number of benzene rings is 1. The minimum atomic E-state index is 0.118. The Kier molecular flexibility index (Phi) is 5.92. The van der Waals surface area contributed by atoms with Crippen LogP contribution in [0.2, 0.25) is 0 Å². The van der Waals surface area contributed by atoms with Gasteiger partial charge in [-0.15, -0.1) is 0 Å². The van der Waals surface area contributed by atoms with Crippen LogP contribution >= 0.6 is 0 Å². The van der Waals surface area contributed by atoms with Crippen molar-refractivity contribution in [2.45, 2.75) is 26.2 Å². The van der Waals surface area contributed by atoms with E-state index in [-0.39, 0.29) is 6.61 Å². The molecule has 21 heavy (non-hydrogen) atoms. The molecule has 1 heterocycles. The molecular weight excluding hydrogens is 264 g/mol. The molecule has 0 aliphatic heterocycles. The average Bonchev–Trinajstić information content (AvgIpc) is 2.88. The second-order valence-electron chi connectivity index (χ2n) is 5.45. The van der Waals surface area contributed by atoms with E-state index in [1.54, 1.807) is 4.68 Å². The van der Waals surface area contributed by atoms with Crippen molar-refractivity contribution in [1.29, 1.82) is 0 Å². The highest BCUT2D eigenvalue weighted by Crippen LogP contribution is 2.10. The van der Waals surface area contributed by atoms with Crippen molar-refractivity contribution in [2.24, 2.45) is 0 Å². The normalized spacial score (nSPS) is 11.2. The summed E-state index contributed by atoms with van der Waals surface area (Å²) in [6.45, 7) is 3.24. The number of nitrogens with zero attached hydrogens (tertiary/aromatic N) is 3. The van der Waals surface area contributed by atoms with Crippen LogP contribution in [0.4, 0.5) is 0 Å².